The van der Waals surface area contributed by atoms with Crippen molar-refractivity contribution in [3.8, 4) is 0 Å². The van der Waals surface area contributed by atoms with Crippen LogP contribution in [0.3, 0.4) is 0 Å². The van der Waals surface area contributed by atoms with Gasteiger partial charge < -0.3 is 4.98 Å². The summed E-state index contributed by atoms with van der Waals surface area (Å²) in [4.78, 5) is 13.8. The van der Waals surface area contributed by atoms with Gasteiger partial charge in [-0.25, -0.2) is 0 Å². The van der Waals surface area contributed by atoms with Crippen LogP contribution in [0.4, 0.5) is 0 Å². The lowest BCUT2D eigenvalue weighted by atomic mass is 10.1. The highest BCUT2D eigenvalue weighted by atomic mass is 16.1. The topological polar surface area (TPSA) is 70.9 Å². The van der Waals surface area contributed by atoms with Crippen LogP contribution < -0.4 is 11.3 Å². The molecule has 2 rings (SSSR count). The maximum Gasteiger partial charge on any atom is 0.150 e. The third kappa shape index (κ3) is 4.50. The molecule has 0 aliphatic heterocycles. The molecule has 0 saturated heterocycles. The second-order valence-corrected chi connectivity index (χ2v) is 4.71. The van der Waals surface area contributed by atoms with Crippen molar-refractivity contribution >= 4 is 16.7 Å². The van der Waals surface area contributed by atoms with Gasteiger partial charge in [0.05, 0.1) is 6.54 Å². The Morgan fingerprint density at radius 2 is 2.05 bits per heavy atom. The van der Waals surface area contributed by atoms with Crippen LogP contribution in [-0.4, -0.2) is 17.3 Å². The number of hydrogen-bond donors (Lipinski definition) is 3. The molecule has 0 aliphatic rings. The molecule has 1 aromatic heterocycles. The number of hydrazine groups is 1. The van der Waals surface area contributed by atoms with Gasteiger partial charge in [-0.1, -0.05) is 39.0 Å². The molecular weight excluding hydrogens is 238 g/mol. The van der Waals surface area contributed by atoms with Crippen LogP contribution >= 0.6 is 0 Å². The van der Waals surface area contributed by atoms with E-state index in [1.165, 1.54) is 16.5 Å². The minimum atomic E-state index is 0.0889. The molecule has 0 amide bonds. The van der Waals surface area contributed by atoms with E-state index in [0.29, 0.717) is 0 Å². The molecule has 0 spiro atoms. The monoisotopic (exact) mass is 261 g/mol. The number of ketones is 1. The molecule has 4 heteroatoms. The molecule has 0 aliphatic carbocycles. The van der Waals surface area contributed by atoms with Gasteiger partial charge in [-0.05, 0) is 18.1 Å². The lowest BCUT2D eigenvalue weighted by Crippen LogP contribution is -2.31. The summed E-state index contributed by atoms with van der Waals surface area (Å²) in [6, 6.07) is 8.40. The molecule has 1 aromatic carbocycles. The highest BCUT2D eigenvalue weighted by Gasteiger charge is 2.03. The molecule has 4 N–H and O–H groups in total. The third-order valence-corrected chi connectivity index (χ3v) is 2.98. The molecule has 0 saturated carbocycles. The number of benzene rings is 1. The van der Waals surface area contributed by atoms with Gasteiger partial charge in [0, 0.05) is 23.0 Å². The number of carbonyl (C=O) groups is 1. The number of nitrogens with two attached hydrogens (primary N) is 1. The standard InChI is InChI=1S/C10H11N.C5H12N2O/c1-2-8-7-11-10-6-4-3-5-9(8)10;1-4(2)5(8)3-7-6/h3-7,11H,2H2,1H3;4,7H,3,6H2,1-2H3. The van der Waals surface area contributed by atoms with Crippen molar-refractivity contribution in [3.63, 3.8) is 0 Å². The molecule has 0 radical (unpaired) electrons. The zero-order chi connectivity index (χ0) is 14.3. The summed E-state index contributed by atoms with van der Waals surface area (Å²) in [6.07, 6.45) is 3.19. The van der Waals surface area contributed by atoms with Gasteiger partial charge in [-0.2, -0.15) is 0 Å². The molecule has 0 atom stereocenters. The zero-order valence-corrected chi connectivity index (χ0v) is 11.9. The van der Waals surface area contributed by atoms with Crippen LogP contribution in [0.25, 0.3) is 10.9 Å². The Balaban J connectivity index is 0.000000203. The Hall–Kier alpha value is -1.65. The van der Waals surface area contributed by atoms with Crippen molar-refractivity contribution < 1.29 is 4.79 Å². The fourth-order valence-electron chi connectivity index (χ4n) is 1.73. The summed E-state index contributed by atoms with van der Waals surface area (Å²) >= 11 is 0. The van der Waals surface area contributed by atoms with Gasteiger partial charge in [0.25, 0.3) is 0 Å². The highest BCUT2D eigenvalue weighted by Crippen LogP contribution is 2.17. The van der Waals surface area contributed by atoms with E-state index in [2.05, 4.69) is 47.8 Å². The van der Waals surface area contributed by atoms with E-state index in [4.69, 9.17) is 5.84 Å². The molecule has 19 heavy (non-hydrogen) atoms. The first-order valence-electron chi connectivity index (χ1n) is 6.61. The third-order valence-electron chi connectivity index (χ3n) is 2.98. The normalized spacial score (nSPS) is 10.4. The second-order valence-electron chi connectivity index (χ2n) is 4.71. The SMILES string of the molecule is CC(C)C(=O)CNN.CCc1c[nH]c2ccccc12. The van der Waals surface area contributed by atoms with E-state index >= 15 is 0 Å². The molecule has 1 heterocycles. The number of aryl methyl sites for hydroxylation is 1. The number of fused-ring (bicyclic) bond motifs is 1. The number of aromatic amines is 1. The summed E-state index contributed by atoms with van der Waals surface area (Å²) in [7, 11) is 0. The average molecular weight is 261 g/mol. The fourth-order valence-corrected chi connectivity index (χ4v) is 1.73. The Kier molecular flexibility index (Phi) is 6.25. The number of aromatic nitrogens is 1. The largest absolute Gasteiger partial charge is 0.361 e. The van der Waals surface area contributed by atoms with Crippen LogP contribution in [0.1, 0.15) is 26.3 Å². The molecule has 2 aromatic rings. The summed E-state index contributed by atoms with van der Waals surface area (Å²) in [5, 5.41) is 1.36. The first-order chi connectivity index (χ1) is 9.10. The van der Waals surface area contributed by atoms with Crippen LogP contribution in [0, 0.1) is 5.92 Å². The van der Waals surface area contributed by atoms with Crippen molar-refractivity contribution in [1.82, 2.24) is 10.4 Å². The van der Waals surface area contributed by atoms with Gasteiger partial charge in [0.2, 0.25) is 0 Å². The van der Waals surface area contributed by atoms with Crippen LogP contribution in [0.5, 0.6) is 0 Å². The lowest BCUT2D eigenvalue weighted by molar-refractivity contribution is -0.121. The molecular formula is C15H23N3O. The first kappa shape index (κ1) is 15.4. The first-order valence-corrected chi connectivity index (χ1v) is 6.61. The van der Waals surface area contributed by atoms with E-state index in [0.717, 1.165) is 6.42 Å². The van der Waals surface area contributed by atoms with Gasteiger partial charge in [0.1, 0.15) is 0 Å². The number of carbonyl (C=O) groups excluding carboxylic acids is 1. The Bertz CT molecular complexity index is 517. The molecule has 4 nitrogen and oxygen atoms in total. The van der Waals surface area contributed by atoms with Gasteiger partial charge >= 0.3 is 0 Å². The van der Waals surface area contributed by atoms with Gasteiger partial charge in [-0.3, -0.25) is 16.1 Å². The van der Waals surface area contributed by atoms with Crippen molar-refractivity contribution in [2.75, 3.05) is 6.54 Å². The van der Waals surface area contributed by atoms with Crippen molar-refractivity contribution in [2.24, 2.45) is 11.8 Å². The summed E-state index contributed by atoms with van der Waals surface area (Å²) < 4.78 is 0. The van der Waals surface area contributed by atoms with Crippen LogP contribution in [0.2, 0.25) is 0 Å². The minimum absolute atomic E-state index is 0.0889. The summed E-state index contributed by atoms with van der Waals surface area (Å²) in [5.74, 6) is 5.13. The van der Waals surface area contributed by atoms with Crippen molar-refractivity contribution in [2.45, 2.75) is 27.2 Å². The summed E-state index contributed by atoms with van der Waals surface area (Å²) in [5.41, 5.74) is 4.94. The Morgan fingerprint density at radius 3 is 2.58 bits per heavy atom. The number of hydrogen-bond acceptors (Lipinski definition) is 3. The molecule has 0 unspecified atom stereocenters. The maximum absolute atomic E-state index is 10.6. The number of rotatable bonds is 4. The van der Waals surface area contributed by atoms with E-state index in [1.54, 1.807) is 0 Å². The zero-order valence-electron chi connectivity index (χ0n) is 11.9. The van der Waals surface area contributed by atoms with Crippen LogP contribution in [0.15, 0.2) is 30.5 Å². The number of H-pyrrole nitrogens is 1. The second kappa shape index (κ2) is 7.71. The van der Waals surface area contributed by atoms with Crippen molar-refractivity contribution in [1.29, 1.82) is 0 Å². The minimum Gasteiger partial charge on any atom is -0.361 e. The van der Waals surface area contributed by atoms with Gasteiger partial charge in [0.15, 0.2) is 5.78 Å². The number of Topliss-reactive ketones (excluding diaryl/α,β-unsaturated/α-hetero) is 1. The van der Waals surface area contributed by atoms with Crippen molar-refractivity contribution in [3.05, 3.63) is 36.0 Å². The number of para-hydroxylation sites is 1. The lowest BCUT2D eigenvalue weighted by Gasteiger charge is -1.99. The predicted octanol–water partition coefficient (Wildman–Crippen LogP) is 2.41. The van der Waals surface area contributed by atoms with E-state index in [1.807, 2.05) is 13.8 Å². The maximum atomic E-state index is 10.6. The quantitative estimate of drug-likeness (QED) is 0.584. The highest BCUT2D eigenvalue weighted by molar-refractivity contribution is 5.83. The molecule has 0 bridgehead atoms. The summed E-state index contributed by atoms with van der Waals surface area (Å²) in [6.45, 7) is 6.15. The van der Waals surface area contributed by atoms with E-state index < -0.39 is 0 Å². The average Bonchev–Trinajstić information content (AvgIpc) is 2.82. The Morgan fingerprint density at radius 1 is 1.37 bits per heavy atom. The fraction of sp³-hybridized carbons (Fsp3) is 0.400. The van der Waals surface area contributed by atoms with E-state index in [-0.39, 0.29) is 18.2 Å². The Labute approximate surface area is 114 Å². The van der Waals surface area contributed by atoms with Gasteiger partial charge in [-0.15, -0.1) is 0 Å². The molecule has 104 valence electrons. The number of nitrogens with one attached hydrogen (secondary N) is 2. The van der Waals surface area contributed by atoms with E-state index in [9.17, 15) is 4.79 Å². The smallest absolute Gasteiger partial charge is 0.150 e. The van der Waals surface area contributed by atoms with Crippen LogP contribution in [-0.2, 0) is 11.2 Å². The molecule has 0 fully saturated rings. The predicted molar refractivity (Wildman–Crippen MR) is 79.7 cm³/mol.